The Kier molecular flexibility index (Phi) is 2.82. The van der Waals surface area contributed by atoms with Crippen molar-refractivity contribution in [1.82, 2.24) is 0 Å². The van der Waals surface area contributed by atoms with Crippen LogP contribution in [0.5, 0.6) is 5.75 Å². The SMILES string of the molecule is CC1(C)C=Cc2cc(O[Si](C)(C)C)ccc2N1. The molecule has 0 saturated carbocycles. The highest BCUT2D eigenvalue weighted by atomic mass is 28.4. The molecule has 0 aromatic heterocycles. The van der Waals surface area contributed by atoms with Gasteiger partial charge >= 0.3 is 0 Å². The average molecular weight is 247 g/mol. The summed E-state index contributed by atoms with van der Waals surface area (Å²) in [5, 5.41) is 3.50. The molecule has 2 nitrogen and oxygen atoms in total. The van der Waals surface area contributed by atoms with Crippen molar-refractivity contribution in [3.05, 3.63) is 29.8 Å². The summed E-state index contributed by atoms with van der Waals surface area (Å²) < 4.78 is 6.00. The highest BCUT2D eigenvalue weighted by molar-refractivity contribution is 6.70. The molecule has 17 heavy (non-hydrogen) atoms. The van der Waals surface area contributed by atoms with Crippen molar-refractivity contribution in [2.45, 2.75) is 39.0 Å². The maximum Gasteiger partial charge on any atom is 0.242 e. The Hall–Kier alpha value is -1.22. The van der Waals surface area contributed by atoms with Crippen molar-refractivity contribution < 1.29 is 4.43 Å². The maximum absolute atomic E-state index is 6.00. The van der Waals surface area contributed by atoms with E-state index in [0.717, 1.165) is 5.75 Å². The summed E-state index contributed by atoms with van der Waals surface area (Å²) in [7, 11) is -1.52. The highest BCUT2D eigenvalue weighted by Gasteiger charge is 2.21. The monoisotopic (exact) mass is 247 g/mol. The fourth-order valence-electron chi connectivity index (χ4n) is 1.90. The van der Waals surface area contributed by atoms with Crippen LogP contribution in [0.25, 0.3) is 6.08 Å². The molecule has 0 fully saturated rings. The minimum absolute atomic E-state index is 0.0359. The van der Waals surface area contributed by atoms with Gasteiger partial charge in [0.2, 0.25) is 8.32 Å². The lowest BCUT2D eigenvalue weighted by atomic mass is 9.97. The van der Waals surface area contributed by atoms with Crippen LogP contribution in [-0.4, -0.2) is 13.9 Å². The fraction of sp³-hybridized carbons (Fsp3) is 0.429. The van der Waals surface area contributed by atoms with Crippen LogP contribution in [0.15, 0.2) is 24.3 Å². The van der Waals surface area contributed by atoms with E-state index in [1.807, 2.05) is 0 Å². The van der Waals surface area contributed by atoms with Crippen molar-refractivity contribution in [2.24, 2.45) is 0 Å². The highest BCUT2D eigenvalue weighted by Crippen LogP contribution is 2.31. The van der Waals surface area contributed by atoms with Crippen LogP contribution in [0.3, 0.4) is 0 Å². The zero-order valence-corrected chi connectivity index (χ0v) is 12.3. The third-order valence-electron chi connectivity index (χ3n) is 2.58. The van der Waals surface area contributed by atoms with Gasteiger partial charge in [-0.25, -0.2) is 0 Å². The van der Waals surface area contributed by atoms with Crippen molar-refractivity contribution in [1.29, 1.82) is 0 Å². The van der Waals surface area contributed by atoms with Gasteiger partial charge in [0.25, 0.3) is 0 Å². The molecule has 1 N–H and O–H groups in total. The number of benzene rings is 1. The number of nitrogens with one attached hydrogen (secondary N) is 1. The molecule has 92 valence electrons. The lowest BCUT2D eigenvalue weighted by molar-refractivity contribution is 0.557. The molecular weight excluding hydrogens is 226 g/mol. The zero-order valence-electron chi connectivity index (χ0n) is 11.3. The second kappa shape index (κ2) is 3.91. The third kappa shape index (κ3) is 3.13. The lowest BCUT2D eigenvalue weighted by Crippen LogP contribution is -2.31. The average Bonchev–Trinajstić information content (AvgIpc) is 2.15. The molecule has 2 rings (SSSR count). The summed E-state index contributed by atoms with van der Waals surface area (Å²) in [5.74, 6) is 0.981. The van der Waals surface area contributed by atoms with E-state index in [9.17, 15) is 0 Å². The quantitative estimate of drug-likeness (QED) is 0.794. The van der Waals surface area contributed by atoms with Gasteiger partial charge in [0.1, 0.15) is 5.75 Å². The summed E-state index contributed by atoms with van der Waals surface area (Å²) in [6.45, 7) is 10.9. The van der Waals surface area contributed by atoms with Gasteiger partial charge in [-0.15, -0.1) is 0 Å². The molecule has 0 unspecified atom stereocenters. The van der Waals surface area contributed by atoms with Gasteiger partial charge in [-0.05, 0) is 51.7 Å². The smallest absolute Gasteiger partial charge is 0.242 e. The Morgan fingerprint density at radius 3 is 2.53 bits per heavy atom. The van der Waals surface area contributed by atoms with E-state index in [1.54, 1.807) is 0 Å². The van der Waals surface area contributed by atoms with Crippen LogP contribution in [0, 0.1) is 0 Å². The predicted molar refractivity (Wildman–Crippen MR) is 77.2 cm³/mol. The van der Waals surface area contributed by atoms with Crippen LogP contribution in [0.1, 0.15) is 19.4 Å². The maximum atomic E-state index is 6.00. The molecule has 0 spiro atoms. The van der Waals surface area contributed by atoms with Crippen LogP contribution in [0.4, 0.5) is 5.69 Å². The molecule has 1 aromatic rings. The Labute approximate surface area is 105 Å². The molecular formula is C14H21NOSi. The molecule has 0 atom stereocenters. The summed E-state index contributed by atoms with van der Waals surface area (Å²) in [6, 6.07) is 6.28. The van der Waals surface area contributed by atoms with E-state index < -0.39 is 8.32 Å². The van der Waals surface area contributed by atoms with Crippen molar-refractivity contribution in [3.8, 4) is 5.75 Å². The van der Waals surface area contributed by atoms with Crippen molar-refractivity contribution in [2.75, 3.05) is 5.32 Å². The molecule has 0 radical (unpaired) electrons. The summed E-state index contributed by atoms with van der Waals surface area (Å²) in [6.07, 6.45) is 4.36. The Morgan fingerprint density at radius 1 is 1.18 bits per heavy atom. The standard InChI is InChI=1S/C14H21NOSi/c1-14(2)9-8-11-10-12(16-17(3,4)5)6-7-13(11)15-14/h6-10,15H,1-5H3. The summed E-state index contributed by atoms with van der Waals surface area (Å²) >= 11 is 0. The van der Waals surface area contributed by atoms with Crippen molar-refractivity contribution >= 4 is 20.1 Å². The molecule has 0 aliphatic carbocycles. The minimum Gasteiger partial charge on any atom is -0.544 e. The Morgan fingerprint density at radius 2 is 1.88 bits per heavy atom. The normalized spacial score (nSPS) is 17.2. The molecule has 0 bridgehead atoms. The zero-order chi connectivity index (χ0) is 12.7. The topological polar surface area (TPSA) is 21.3 Å². The van der Waals surface area contributed by atoms with Crippen molar-refractivity contribution in [3.63, 3.8) is 0 Å². The van der Waals surface area contributed by atoms with Crippen LogP contribution >= 0.6 is 0 Å². The minimum atomic E-state index is -1.52. The predicted octanol–water partition coefficient (Wildman–Crippen LogP) is 4.12. The molecule has 1 heterocycles. The van der Waals surface area contributed by atoms with Gasteiger partial charge in [-0.3, -0.25) is 0 Å². The van der Waals surface area contributed by atoms with E-state index in [0.29, 0.717) is 0 Å². The molecule has 1 aliphatic rings. The first kappa shape index (κ1) is 12.2. The third-order valence-corrected chi connectivity index (χ3v) is 3.43. The van der Waals surface area contributed by atoms with E-state index in [2.05, 4.69) is 69.2 Å². The number of fused-ring (bicyclic) bond motifs is 1. The van der Waals surface area contributed by atoms with Gasteiger partial charge in [-0.1, -0.05) is 12.2 Å². The number of anilines is 1. The first-order valence-electron chi connectivity index (χ1n) is 6.06. The number of rotatable bonds is 2. The van der Waals surface area contributed by atoms with Crippen LogP contribution in [0.2, 0.25) is 19.6 Å². The number of hydrogen-bond acceptors (Lipinski definition) is 2. The van der Waals surface area contributed by atoms with E-state index in [4.69, 9.17) is 4.43 Å². The van der Waals surface area contributed by atoms with E-state index >= 15 is 0 Å². The first-order chi connectivity index (χ1) is 7.75. The van der Waals surface area contributed by atoms with Gasteiger partial charge in [-0.2, -0.15) is 0 Å². The molecule has 3 heteroatoms. The van der Waals surface area contributed by atoms with Crippen LogP contribution in [-0.2, 0) is 0 Å². The van der Waals surface area contributed by atoms with E-state index in [1.165, 1.54) is 11.3 Å². The fourth-order valence-corrected chi connectivity index (χ4v) is 2.73. The van der Waals surface area contributed by atoms with Gasteiger partial charge in [0, 0.05) is 11.3 Å². The Balaban J connectivity index is 2.28. The Bertz CT molecular complexity index is 458. The van der Waals surface area contributed by atoms with Gasteiger partial charge in [0.05, 0.1) is 5.54 Å². The molecule has 1 aromatic carbocycles. The second-order valence-corrected chi connectivity index (χ2v) is 10.6. The number of hydrogen-bond donors (Lipinski definition) is 1. The van der Waals surface area contributed by atoms with Gasteiger partial charge < -0.3 is 9.74 Å². The van der Waals surface area contributed by atoms with E-state index in [-0.39, 0.29) is 5.54 Å². The molecule has 1 aliphatic heterocycles. The second-order valence-electron chi connectivity index (χ2n) is 6.14. The van der Waals surface area contributed by atoms with Crippen LogP contribution < -0.4 is 9.74 Å². The summed E-state index contributed by atoms with van der Waals surface area (Å²) in [5.41, 5.74) is 2.43. The largest absolute Gasteiger partial charge is 0.544 e. The summed E-state index contributed by atoms with van der Waals surface area (Å²) in [4.78, 5) is 0. The van der Waals surface area contributed by atoms with Gasteiger partial charge in [0.15, 0.2) is 0 Å². The molecule has 0 saturated heterocycles. The lowest BCUT2D eigenvalue weighted by Gasteiger charge is -2.29. The first-order valence-corrected chi connectivity index (χ1v) is 9.47. The molecule has 0 amide bonds.